The lowest BCUT2D eigenvalue weighted by atomic mass is 10.2. The van der Waals surface area contributed by atoms with E-state index in [0.29, 0.717) is 0 Å². The van der Waals surface area contributed by atoms with E-state index in [1.807, 2.05) is 86.8 Å². The molecule has 0 saturated heterocycles. The van der Waals surface area contributed by atoms with Gasteiger partial charge in [-0.1, -0.05) is 24.3 Å². The van der Waals surface area contributed by atoms with Gasteiger partial charge in [0.2, 0.25) is 0 Å². The molecule has 0 spiro atoms. The third-order valence-corrected chi connectivity index (χ3v) is 4.51. The summed E-state index contributed by atoms with van der Waals surface area (Å²) in [5.74, 6) is 0. The van der Waals surface area contributed by atoms with E-state index in [2.05, 4.69) is 38.9 Å². The monoisotopic (exact) mass is 383 g/mol. The molecule has 0 aliphatic rings. The molecule has 0 radical (unpaired) electrons. The summed E-state index contributed by atoms with van der Waals surface area (Å²) in [5, 5.41) is 17.3. The minimum absolute atomic E-state index is 0.780. The quantitative estimate of drug-likeness (QED) is 0.380. The number of rotatable bonds is 7. The van der Waals surface area contributed by atoms with Crippen molar-refractivity contribution in [1.82, 2.24) is 0 Å². The van der Waals surface area contributed by atoms with Crippen molar-refractivity contribution in [3.05, 3.63) is 90.6 Å². The number of anilines is 1. The highest BCUT2D eigenvalue weighted by molar-refractivity contribution is 5.56. The maximum atomic E-state index is 4.35. The van der Waals surface area contributed by atoms with Gasteiger partial charge in [0, 0.05) is 12.2 Å². The molecule has 0 fully saturated rings. The summed E-state index contributed by atoms with van der Waals surface area (Å²) in [7, 11) is 0. The van der Waals surface area contributed by atoms with Crippen LogP contribution < -0.4 is 4.90 Å². The van der Waals surface area contributed by atoms with Gasteiger partial charge in [-0.15, -0.1) is 0 Å². The van der Waals surface area contributed by atoms with Crippen LogP contribution in [0.3, 0.4) is 0 Å². The molecule has 146 valence electrons. The fraction of sp³-hybridized carbons (Fsp3) is 0.167. The molecule has 3 aromatic carbocycles. The van der Waals surface area contributed by atoms with Gasteiger partial charge < -0.3 is 4.90 Å². The molecule has 0 heterocycles. The summed E-state index contributed by atoms with van der Waals surface area (Å²) < 4.78 is 0. The largest absolute Gasteiger partial charge is 0.349 e. The third kappa shape index (κ3) is 5.45. The van der Waals surface area contributed by atoms with Crippen LogP contribution in [-0.2, 0) is 0 Å². The van der Waals surface area contributed by atoms with E-state index in [9.17, 15) is 0 Å². The molecule has 3 aromatic rings. The van der Waals surface area contributed by atoms with E-state index in [4.69, 9.17) is 0 Å². The lowest BCUT2D eigenvalue weighted by Gasteiger charge is -2.17. The Bertz CT molecular complexity index is 1020. The van der Waals surface area contributed by atoms with E-state index >= 15 is 0 Å². The van der Waals surface area contributed by atoms with E-state index in [0.717, 1.165) is 40.5 Å². The Kier molecular flexibility index (Phi) is 6.63. The zero-order valence-electron chi connectivity index (χ0n) is 17.1. The van der Waals surface area contributed by atoms with Crippen molar-refractivity contribution in [3.63, 3.8) is 0 Å². The fourth-order valence-corrected chi connectivity index (χ4v) is 2.78. The van der Waals surface area contributed by atoms with Crippen LogP contribution >= 0.6 is 0 Å². The second kappa shape index (κ2) is 9.55. The van der Waals surface area contributed by atoms with Crippen molar-refractivity contribution in [2.45, 2.75) is 20.8 Å². The Labute approximate surface area is 172 Å². The van der Waals surface area contributed by atoms with Gasteiger partial charge in [0.25, 0.3) is 0 Å². The van der Waals surface area contributed by atoms with E-state index < -0.39 is 0 Å². The number of aryl methyl sites for hydroxylation is 2. The van der Waals surface area contributed by atoms with Crippen molar-refractivity contribution in [3.8, 4) is 0 Å². The molecular formula is C24H25N5. The predicted molar refractivity (Wildman–Crippen MR) is 120 cm³/mol. The fourth-order valence-electron chi connectivity index (χ4n) is 2.78. The van der Waals surface area contributed by atoms with Crippen molar-refractivity contribution < 1.29 is 0 Å². The Morgan fingerprint density at radius 3 is 1.90 bits per heavy atom. The van der Waals surface area contributed by atoms with Gasteiger partial charge in [-0.25, -0.2) is 0 Å². The molecule has 29 heavy (non-hydrogen) atoms. The molecular weight excluding hydrogens is 358 g/mol. The van der Waals surface area contributed by atoms with Crippen LogP contribution in [-0.4, -0.2) is 6.54 Å². The lowest BCUT2D eigenvalue weighted by Crippen LogP contribution is -2.13. The van der Waals surface area contributed by atoms with Gasteiger partial charge in [-0.3, -0.25) is 0 Å². The first-order valence-corrected chi connectivity index (χ1v) is 9.59. The highest BCUT2D eigenvalue weighted by Gasteiger charge is 2.01. The zero-order chi connectivity index (χ0) is 20.6. The maximum absolute atomic E-state index is 4.35. The summed E-state index contributed by atoms with van der Waals surface area (Å²) in [4.78, 5) is 2.06. The standard InChI is InChI=1S/C24H25N5/c1-5-29(6-2)23-14-11-21(12-15-23)25-27-22-13-16-24(19(4)17-22)28-26-20-9-7-18(3)8-10-20/h5,7-17H,1,6H2,2-4H3. The van der Waals surface area contributed by atoms with Crippen molar-refractivity contribution in [2.24, 2.45) is 20.5 Å². The van der Waals surface area contributed by atoms with Gasteiger partial charge in [0.05, 0.1) is 22.7 Å². The highest BCUT2D eigenvalue weighted by Crippen LogP contribution is 2.28. The topological polar surface area (TPSA) is 52.7 Å². The zero-order valence-corrected chi connectivity index (χ0v) is 17.1. The SMILES string of the molecule is C=CN(CC)c1ccc(N=Nc2ccc(N=Nc3ccc(C)cc3)c(C)c2)cc1. The molecule has 0 amide bonds. The molecule has 0 atom stereocenters. The van der Waals surface area contributed by atoms with Crippen molar-refractivity contribution in [1.29, 1.82) is 0 Å². The molecule has 0 aromatic heterocycles. The summed E-state index contributed by atoms with van der Waals surface area (Å²) in [6, 6.07) is 21.6. The molecule has 0 aliphatic heterocycles. The first-order valence-electron chi connectivity index (χ1n) is 9.59. The summed E-state index contributed by atoms with van der Waals surface area (Å²) in [6.45, 7) is 10.8. The Morgan fingerprint density at radius 1 is 0.759 bits per heavy atom. The molecule has 0 aliphatic carbocycles. The van der Waals surface area contributed by atoms with Crippen LogP contribution in [0, 0.1) is 13.8 Å². The molecule has 0 saturated carbocycles. The normalized spacial score (nSPS) is 11.3. The molecule has 5 nitrogen and oxygen atoms in total. The van der Waals surface area contributed by atoms with Crippen molar-refractivity contribution >= 4 is 28.4 Å². The smallest absolute Gasteiger partial charge is 0.0887 e. The maximum Gasteiger partial charge on any atom is 0.0887 e. The molecule has 3 rings (SSSR count). The Balaban J connectivity index is 1.69. The number of hydrogen-bond acceptors (Lipinski definition) is 5. The van der Waals surface area contributed by atoms with Crippen LogP contribution in [0.25, 0.3) is 0 Å². The highest BCUT2D eigenvalue weighted by atomic mass is 15.1. The average molecular weight is 383 g/mol. The molecule has 0 N–H and O–H groups in total. The second-order valence-corrected chi connectivity index (χ2v) is 6.69. The van der Waals surface area contributed by atoms with E-state index in [1.165, 1.54) is 5.56 Å². The van der Waals surface area contributed by atoms with Gasteiger partial charge in [-0.05, 0) is 87.1 Å². The Hall–Kier alpha value is -3.60. The number of hydrogen-bond donors (Lipinski definition) is 0. The summed E-state index contributed by atoms with van der Waals surface area (Å²) in [6.07, 6.45) is 1.82. The second-order valence-electron chi connectivity index (χ2n) is 6.69. The number of azo groups is 2. The first-order chi connectivity index (χ1) is 14.1. The van der Waals surface area contributed by atoms with Gasteiger partial charge in [0.1, 0.15) is 0 Å². The number of nitrogens with zero attached hydrogens (tertiary/aromatic N) is 5. The summed E-state index contributed by atoms with van der Waals surface area (Å²) in [5.41, 5.74) is 6.51. The molecule has 0 unspecified atom stereocenters. The van der Waals surface area contributed by atoms with E-state index in [-0.39, 0.29) is 0 Å². The molecule has 0 bridgehead atoms. The Morgan fingerprint density at radius 2 is 1.31 bits per heavy atom. The van der Waals surface area contributed by atoms with Crippen LogP contribution in [0.2, 0.25) is 0 Å². The summed E-state index contributed by atoms with van der Waals surface area (Å²) >= 11 is 0. The van der Waals surface area contributed by atoms with Gasteiger partial charge >= 0.3 is 0 Å². The van der Waals surface area contributed by atoms with Crippen LogP contribution in [0.4, 0.5) is 28.4 Å². The minimum atomic E-state index is 0.780. The van der Waals surface area contributed by atoms with E-state index in [1.54, 1.807) is 0 Å². The van der Waals surface area contributed by atoms with Gasteiger partial charge in [0.15, 0.2) is 0 Å². The third-order valence-electron chi connectivity index (χ3n) is 4.51. The predicted octanol–water partition coefficient (Wildman–Crippen LogP) is 8.10. The molecule has 5 heteroatoms. The lowest BCUT2D eigenvalue weighted by molar-refractivity contribution is 1.02. The van der Waals surface area contributed by atoms with Gasteiger partial charge in [-0.2, -0.15) is 20.5 Å². The van der Waals surface area contributed by atoms with Crippen molar-refractivity contribution in [2.75, 3.05) is 11.4 Å². The van der Waals surface area contributed by atoms with Crippen LogP contribution in [0.1, 0.15) is 18.1 Å². The number of benzene rings is 3. The minimum Gasteiger partial charge on any atom is -0.349 e. The first kappa shape index (κ1) is 20.1. The average Bonchev–Trinajstić information content (AvgIpc) is 2.74. The van der Waals surface area contributed by atoms with Crippen LogP contribution in [0.15, 0.2) is 100.0 Å². The van der Waals surface area contributed by atoms with Crippen LogP contribution in [0.5, 0.6) is 0 Å².